The molecule has 3 unspecified atom stereocenters. The molecule has 0 fully saturated rings. The predicted octanol–water partition coefficient (Wildman–Crippen LogP) is 16.6. The number of carbonyl (C=O) groups is 4. The lowest BCUT2D eigenvalue weighted by Crippen LogP contribution is -2.30. The Kier molecular flexibility index (Phi) is 53.6. The molecule has 0 heterocycles. The molecule has 0 bridgehead atoms. The number of carbonyl (C=O) groups excluding carboxylic acids is 4. The van der Waals surface area contributed by atoms with Crippen LogP contribution < -0.4 is 0 Å². The van der Waals surface area contributed by atoms with E-state index in [1.54, 1.807) is 0 Å². The van der Waals surface area contributed by atoms with Crippen LogP contribution in [0.2, 0.25) is 0 Å². The Labute approximate surface area is 486 Å². The van der Waals surface area contributed by atoms with Gasteiger partial charge in [0.05, 0.1) is 26.4 Å². The highest BCUT2D eigenvalue weighted by molar-refractivity contribution is 7.47. The molecule has 0 aromatic heterocycles. The van der Waals surface area contributed by atoms with Crippen molar-refractivity contribution < 1.29 is 80.2 Å². The highest BCUT2D eigenvalue weighted by Crippen LogP contribution is 2.45. The van der Waals surface area contributed by atoms with Gasteiger partial charge in [0.2, 0.25) is 0 Å². The van der Waals surface area contributed by atoms with Crippen molar-refractivity contribution in [3.8, 4) is 0 Å². The molecule has 0 aromatic rings. The molecule has 0 amide bonds. The summed E-state index contributed by atoms with van der Waals surface area (Å²) in [4.78, 5) is 72.0. The molecule has 0 aliphatic rings. The number of unbranched alkanes of at least 4 members (excludes halogenated alkanes) is 32. The summed E-state index contributed by atoms with van der Waals surface area (Å²) in [7, 11) is -9.88. The fraction of sp³-hybridized carbons (Fsp3) is 0.934. The predicted molar refractivity (Wildman–Crippen MR) is 317 cm³/mol. The second kappa shape index (κ2) is 55.0. The van der Waals surface area contributed by atoms with Crippen LogP contribution in [0.1, 0.15) is 304 Å². The van der Waals surface area contributed by atoms with Crippen molar-refractivity contribution in [2.75, 3.05) is 39.6 Å². The first-order valence-electron chi connectivity index (χ1n) is 32.2. The van der Waals surface area contributed by atoms with Gasteiger partial charge in [0.15, 0.2) is 12.2 Å². The number of hydrogen-bond acceptors (Lipinski definition) is 15. The third-order valence-electron chi connectivity index (χ3n) is 14.4. The van der Waals surface area contributed by atoms with E-state index in [-0.39, 0.29) is 25.7 Å². The number of esters is 4. The molecule has 6 atom stereocenters. The molecule has 3 N–H and O–H groups in total. The minimum atomic E-state index is -4.94. The summed E-state index contributed by atoms with van der Waals surface area (Å²) in [6, 6.07) is 0. The quantitative estimate of drug-likeness (QED) is 0.0222. The van der Waals surface area contributed by atoms with Crippen molar-refractivity contribution in [2.24, 2.45) is 5.92 Å². The van der Waals surface area contributed by atoms with Crippen LogP contribution >= 0.6 is 15.6 Å². The number of aliphatic hydroxyl groups excluding tert-OH is 1. The highest BCUT2D eigenvalue weighted by atomic mass is 31.2. The normalized spacial score (nSPS) is 14.7. The molecule has 474 valence electrons. The van der Waals surface area contributed by atoms with Gasteiger partial charge in [0, 0.05) is 25.7 Å². The van der Waals surface area contributed by atoms with E-state index < -0.39 is 97.5 Å². The van der Waals surface area contributed by atoms with Crippen LogP contribution in [-0.2, 0) is 65.4 Å². The Morgan fingerprint density at radius 1 is 0.350 bits per heavy atom. The van der Waals surface area contributed by atoms with Gasteiger partial charge in [-0.1, -0.05) is 253 Å². The van der Waals surface area contributed by atoms with Gasteiger partial charge in [-0.3, -0.25) is 37.3 Å². The zero-order valence-corrected chi connectivity index (χ0v) is 53.0. The van der Waals surface area contributed by atoms with Crippen LogP contribution in [0, 0.1) is 5.92 Å². The molecule has 0 radical (unpaired) electrons. The van der Waals surface area contributed by atoms with Crippen LogP contribution in [0.5, 0.6) is 0 Å². The van der Waals surface area contributed by atoms with Gasteiger partial charge in [-0.25, -0.2) is 9.13 Å². The average molecular weight is 1190 g/mol. The van der Waals surface area contributed by atoms with Crippen LogP contribution in [0.25, 0.3) is 0 Å². The summed E-state index contributed by atoms with van der Waals surface area (Å²) < 4.78 is 67.8. The Balaban J connectivity index is 5.23. The second-order valence-electron chi connectivity index (χ2n) is 22.3. The fourth-order valence-electron chi connectivity index (χ4n) is 9.02. The lowest BCUT2D eigenvalue weighted by Gasteiger charge is -2.21. The summed E-state index contributed by atoms with van der Waals surface area (Å²) in [6.07, 6.45) is 37.5. The molecule has 0 aromatic carbocycles. The van der Waals surface area contributed by atoms with Gasteiger partial charge >= 0.3 is 39.5 Å². The standard InChI is InChI=1S/C61H118O17P2/c1-6-10-13-16-19-22-23-24-27-30-37-42-47-61(66)78-57(51-72-59(64)45-40-35-32-31-33-38-43-54(5)9-4)53-76-80(69,70)74-49-55(62)48-73-79(67,68)75-52-56(77-60(65)46-41-36-29-26-21-18-15-12-8-3)50-71-58(63)44-39-34-28-25-20-17-14-11-7-2/h54-57,62H,6-53H2,1-5H3,(H,67,68)(H,69,70)/t54?,55-,56+,57+/m0/s1. The SMILES string of the molecule is CCCCCCCCCCCCCCC(=O)O[C@H](COC(=O)CCCCCCCCC(C)CC)COP(=O)(O)OC[C@@H](O)COP(=O)(O)OC[C@@H](COC(=O)CCCCCCCCCCC)OC(=O)CCCCCCCCCCC. The van der Waals surface area contributed by atoms with E-state index in [0.29, 0.717) is 25.7 Å². The smallest absolute Gasteiger partial charge is 0.462 e. The van der Waals surface area contributed by atoms with Crippen LogP contribution in [0.3, 0.4) is 0 Å². The number of phosphoric acid groups is 2. The lowest BCUT2D eigenvalue weighted by atomic mass is 10.00. The van der Waals surface area contributed by atoms with E-state index in [1.165, 1.54) is 122 Å². The van der Waals surface area contributed by atoms with Gasteiger partial charge in [0.1, 0.15) is 19.3 Å². The molecule has 0 aliphatic carbocycles. The van der Waals surface area contributed by atoms with Crippen LogP contribution in [-0.4, -0.2) is 96.7 Å². The van der Waals surface area contributed by atoms with Crippen molar-refractivity contribution in [1.82, 2.24) is 0 Å². The average Bonchev–Trinajstić information content (AvgIpc) is 3.43. The van der Waals surface area contributed by atoms with E-state index in [9.17, 15) is 43.2 Å². The Morgan fingerprint density at radius 2 is 0.600 bits per heavy atom. The first-order chi connectivity index (χ1) is 38.6. The zero-order chi connectivity index (χ0) is 59.2. The van der Waals surface area contributed by atoms with Crippen molar-refractivity contribution in [3.63, 3.8) is 0 Å². The van der Waals surface area contributed by atoms with Gasteiger partial charge in [0.25, 0.3) is 0 Å². The minimum absolute atomic E-state index is 0.106. The number of aliphatic hydroxyl groups is 1. The van der Waals surface area contributed by atoms with E-state index in [4.69, 9.17) is 37.0 Å². The number of phosphoric ester groups is 2. The van der Waals surface area contributed by atoms with Crippen molar-refractivity contribution in [1.29, 1.82) is 0 Å². The maximum atomic E-state index is 12.9. The number of hydrogen-bond donors (Lipinski definition) is 3. The molecule has 0 saturated heterocycles. The number of rotatable bonds is 61. The number of ether oxygens (including phenoxy) is 4. The zero-order valence-electron chi connectivity index (χ0n) is 51.2. The molecule has 80 heavy (non-hydrogen) atoms. The summed E-state index contributed by atoms with van der Waals surface area (Å²) in [5.74, 6) is -1.41. The Morgan fingerprint density at radius 3 is 0.887 bits per heavy atom. The van der Waals surface area contributed by atoms with Crippen molar-refractivity contribution in [3.05, 3.63) is 0 Å². The first kappa shape index (κ1) is 78.1. The monoisotopic (exact) mass is 1180 g/mol. The van der Waals surface area contributed by atoms with Crippen LogP contribution in [0.4, 0.5) is 0 Å². The van der Waals surface area contributed by atoms with Gasteiger partial charge < -0.3 is 33.8 Å². The van der Waals surface area contributed by atoms with Crippen molar-refractivity contribution >= 4 is 39.5 Å². The molecule has 0 aliphatic heterocycles. The summed E-state index contributed by atoms with van der Waals surface area (Å²) in [5.41, 5.74) is 0. The molecular weight excluding hydrogens is 1070 g/mol. The Hall–Kier alpha value is -1.94. The van der Waals surface area contributed by atoms with E-state index in [0.717, 1.165) is 102 Å². The molecule has 0 rings (SSSR count). The molecule has 17 nitrogen and oxygen atoms in total. The molecule has 0 saturated carbocycles. The third kappa shape index (κ3) is 54.0. The van der Waals surface area contributed by atoms with E-state index in [1.807, 2.05) is 0 Å². The van der Waals surface area contributed by atoms with Crippen LogP contribution in [0.15, 0.2) is 0 Å². The summed E-state index contributed by atoms with van der Waals surface area (Å²) in [5, 5.41) is 10.5. The van der Waals surface area contributed by atoms with Gasteiger partial charge in [-0.05, 0) is 31.6 Å². The topological polar surface area (TPSA) is 237 Å². The molecule has 19 heteroatoms. The lowest BCUT2D eigenvalue weighted by molar-refractivity contribution is -0.161. The summed E-state index contributed by atoms with van der Waals surface area (Å²) >= 11 is 0. The van der Waals surface area contributed by atoms with E-state index in [2.05, 4.69) is 34.6 Å². The largest absolute Gasteiger partial charge is 0.472 e. The molecule has 0 spiro atoms. The minimum Gasteiger partial charge on any atom is -0.462 e. The maximum absolute atomic E-state index is 12.9. The first-order valence-corrected chi connectivity index (χ1v) is 35.2. The highest BCUT2D eigenvalue weighted by Gasteiger charge is 2.30. The van der Waals surface area contributed by atoms with Gasteiger partial charge in [-0.2, -0.15) is 0 Å². The Bertz CT molecular complexity index is 1570. The second-order valence-corrected chi connectivity index (χ2v) is 25.2. The molecular formula is C61H118O17P2. The summed E-state index contributed by atoms with van der Waals surface area (Å²) in [6.45, 7) is 7.10. The van der Waals surface area contributed by atoms with E-state index >= 15 is 0 Å². The van der Waals surface area contributed by atoms with Crippen molar-refractivity contribution in [2.45, 2.75) is 323 Å². The fourth-order valence-corrected chi connectivity index (χ4v) is 10.6. The third-order valence-corrected chi connectivity index (χ3v) is 16.3. The van der Waals surface area contributed by atoms with Gasteiger partial charge in [-0.15, -0.1) is 0 Å². The maximum Gasteiger partial charge on any atom is 0.472 e.